The van der Waals surface area contributed by atoms with Crippen molar-refractivity contribution in [1.29, 1.82) is 0 Å². The summed E-state index contributed by atoms with van der Waals surface area (Å²) in [6, 6.07) is 0. The third kappa shape index (κ3) is 2.43. The predicted molar refractivity (Wildman–Crippen MR) is 101 cm³/mol. The molecule has 3 fully saturated rings. The summed E-state index contributed by atoms with van der Waals surface area (Å²) >= 11 is 0. The van der Waals surface area contributed by atoms with E-state index >= 15 is 4.39 Å². The minimum absolute atomic E-state index is 0.0202. The molecule has 3 N–H and O–H groups in total. The molecule has 4 aliphatic carbocycles. The number of carbonyl (C=O) groups excluding carboxylic acids is 3. The van der Waals surface area contributed by atoms with Crippen molar-refractivity contribution in [1.82, 2.24) is 0 Å². The summed E-state index contributed by atoms with van der Waals surface area (Å²) in [7, 11) is 0. The second kappa shape index (κ2) is 6.09. The third-order valence-corrected chi connectivity index (χ3v) is 8.34. The molecule has 0 unspecified atom stereocenters. The predicted octanol–water partition coefficient (Wildman–Crippen LogP) is 2.13. The normalized spacial score (nSPS) is 49.7. The van der Waals surface area contributed by atoms with Gasteiger partial charge in [0.15, 0.2) is 5.78 Å². The van der Waals surface area contributed by atoms with Crippen molar-refractivity contribution in [2.45, 2.75) is 52.3 Å². The Bertz CT molecular complexity index is 819. The number of alkyl halides is 1. The fourth-order valence-corrected chi connectivity index (χ4v) is 7.41. The van der Waals surface area contributed by atoms with E-state index in [1.807, 2.05) is 20.8 Å². The molecule has 0 bridgehead atoms. The number of Topliss-reactive ketones (excluding diaryl/α,β-unsaturated/α-hetero) is 1. The smallest absolute Gasteiger partial charge is 0.285 e. The summed E-state index contributed by atoms with van der Waals surface area (Å²) in [5.41, 5.74) is 4.47. The largest absolute Gasteiger partial charge is 0.393 e. The standard InChI is InChI=1S/C22H28FNO4/c1-10-6-13-12-8-15(23)14-7-11(25)4-5-21(14,2)18(12)16(26)9-22(13,3)17(10)19(27)20(24)28/h4-5,7,10,12-13,15-18,26H,6,8-9H2,1-3H3,(H2,24,28)/t10-,12+,13+,15+,16+,17-,18-,21+,22+/m1/s1. The number of nitrogens with two attached hydrogens (primary N) is 1. The van der Waals surface area contributed by atoms with Crippen molar-refractivity contribution in [3.63, 3.8) is 0 Å². The molecule has 0 aromatic carbocycles. The van der Waals surface area contributed by atoms with Gasteiger partial charge in [-0.1, -0.05) is 26.8 Å². The van der Waals surface area contributed by atoms with Crippen LogP contribution in [0, 0.1) is 40.4 Å². The summed E-state index contributed by atoms with van der Waals surface area (Å²) in [6.07, 6.45) is 3.91. The van der Waals surface area contributed by atoms with Crippen LogP contribution in [0.1, 0.15) is 40.0 Å². The molecule has 4 aliphatic rings. The average Bonchev–Trinajstić information content (AvgIpc) is 2.85. The Balaban J connectivity index is 1.77. The molecule has 5 nitrogen and oxygen atoms in total. The molecule has 6 heteroatoms. The van der Waals surface area contributed by atoms with Crippen LogP contribution in [0.4, 0.5) is 4.39 Å². The molecule has 0 aromatic heterocycles. The highest BCUT2D eigenvalue weighted by Crippen LogP contribution is 2.67. The Hall–Kier alpha value is -1.82. The van der Waals surface area contributed by atoms with Gasteiger partial charge in [-0.05, 0) is 60.2 Å². The monoisotopic (exact) mass is 389 g/mol. The Kier molecular flexibility index (Phi) is 4.24. The molecular weight excluding hydrogens is 361 g/mol. The van der Waals surface area contributed by atoms with Crippen LogP contribution in [-0.4, -0.2) is 34.9 Å². The van der Waals surface area contributed by atoms with Crippen LogP contribution < -0.4 is 5.73 Å². The van der Waals surface area contributed by atoms with Gasteiger partial charge in [0.25, 0.3) is 5.91 Å². The SMILES string of the molecule is C[C@@H]1C[C@H]2[C@@H]3C[C@H](F)C4=CC(=O)C=C[C@]4(C)[C@H]3[C@@H](O)C[C@]2(C)[C@H]1C(=O)C(N)=O. The number of rotatable bonds is 2. The van der Waals surface area contributed by atoms with Gasteiger partial charge in [-0.3, -0.25) is 14.4 Å². The van der Waals surface area contributed by atoms with E-state index in [0.29, 0.717) is 18.4 Å². The molecule has 4 rings (SSSR count). The fourth-order valence-electron chi connectivity index (χ4n) is 7.41. The Morgan fingerprint density at radius 1 is 1.29 bits per heavy atom. The van der Waals surface area contributed by atoms with Crippen molar-refractivity contribution in [3.8, 4) is 0 Å². The van der Waals surface area contributed by atoms with E-state index < -0.39 is 40.7 Å². The van der Waals surface area contributed by atoms with Gasteiger partial charge in [-0.15, -0.1) is 0 Å². The number of amides is 1. The van der Waals surface area contributed by atoms with Gasteiger partial charge < -0.3 is 10.8 Å². The van der Waals surface area contributed by atoms with Gasteiger partial charge >= 0.3 is 0 Å². The van der Waals surface area contributed by atoms with Crippen LogP contribution in [0.2, 0.25) is 0 Å². The summed E-state index contributed by atoms with van der Waals surface area (Å²) in [4.78, 5) is 36.1. The van der Waals surface area contributed by atoms with Gasteiger partial charge in [0, 0.05) is 17.3 Å². The number of primary amides is 1. The first kappa shape index (κ1) is 19.5. The van der Waals surface area contributed by atoms with E-state index in [1.54, 1.807) is 6.08 Å². The lowest BCUT2D eigenvalue weighted by atomic mass is 9.46. The first-order valence-corrected chi connectivity index (χ1v) is 10.1. The molecule has 28 heavy (non-hydrogen) atoms. The maximum absolute atomic E-state index is 15.2. The van der Waals surface area contributed by atoms with Gasteiger partial charge in [0.1, 0.15) is 6.17 Å². The third-order valence-electron chi connectivity index (χ3n) is 8.34. The van der Waals surface area contributed by atoms with Crippen molar-refractivity contribution >= 4 is 17.5 Å². The van der Waals surface area contributed by atoms with Crippen molar-refractivity contribution in [3.05, 3.63) is 23.8 Å². The zero-order chi connectivity index (χ0) is 20.6. The quantitative estimate of drug-likeness (QED) is 0.707. The van der Waals surface area contributed by atoms with E-state index in [-0.39, 0.29) is 35.9 Å². The summed E-state index contributed by atoms with van der Waals surface area (Å²) in [6.45, 7) is 5.80. The van der Waals surface area contributed by atoms with Gasteiger partial charge in [0.2, 0.25) is 5.78 Å². The number of allylic oxidation sites excluding steroid dienone is 4. The first-order valence-electron chi connectivity index (χ1n) is 10.1. The lowest BCUT2D eigenvalue weighted by Crippen LogP contribution is -2.58. The number of hydrogen-bond donors (Lipinski definition) is 2. The number of halogens is 1. The lowest BCUT2D eigenvalue weighted by Gasteiger charge is -2.59. The van der Waals surface area contributed by atoms with Crippen molar-refractivity contribution < 1.29 is 23.9 Å². The number of fused-ring (bicyclic) bond motifs is 5. The topological polar surface area (TPSA) is 97.5 Å². The second-order valence-corrected chi connectivity index (χ2v) is 9.81. The Morgan fingerprint density at radius 2 is 1.96 bits per heavy atom. The Labute approximate surface area is 164 Å². The van der Waals surface area contributed by atoms with E-state index in [0.717, 1.165) is 0 Å². The van der Waals surface area contributed by atoms with Crippen LogP contribution in [0.15, 0.2) is 23.8 Å². The minimum Gasteiger partial charge on any atom is -0.393 e. The number of aliphatic hydroxyl groups is 1. The van der Waals surface area contributed by atoms with Crippen LogP contribution in [0.25, 0.3) is 0 Å². The fraction of sp³-hybridized carbons (Fsp3) is 0.682. The highest BCUT2D eigenvalue weighted by molar-refractivity contribution is 6.36. The van der Waals surface area contributed by atoms with E-state index in [1.165, 1.54) is 12.2 Å². The number of aliphatic hydroxyl groups excluding tert-OH is 1. The maximum Gasteiger partial charge on any atom is 0.285 e. The molecule has 152 valence electrons. The zero-order valence-corrected chi connectivity index (χ0v) is 16.5. The highest BCUT2D eigenvalue weighted by Gasteiger charge is 2.65. The summed E-state index contributed by atoms with van der Waals surface area (Å²) < 4.78 is 15.2. The maximum atomic E-state index is 15.2. The van der Waals surface area contributed by atoms with E-state index in [9.17, 15) is 19.5 Å². The molecule has 9 atom stereocenters. The number of hydrogen-bond acceptors (Lipinski definition) is 4. The van der Waals surface area contributed by atoms with Crippen LogP contribution in [-0.2, 0) is 14.4 Å². The molecule has 0 spiro atoms. The second-order valence-electron chi connectivity index (χ2n) is 9.81. The van der Waals surface area contributed by atoms with Gasteiger partial charge in [-0.2, -0.15) is 0 Å². The van der Waals surface area contributed by atoms with Crippen LogP contribution in [0.3, 0.4) is 0 Å². The van der Waals surface area contributed by atoms with Crippen LogP contribution in [0.5, 0.6) is 0 Å². The van der Waals surface area contributed by atoms with Crippen molar-refractivity contribution in [2.24, 2.45) is 46.2 Å². The van der Waals surface area contributed by atoms with Crippen LogP contribution >= 0.6 is 0 Å². The van der Waals surface area contributed by atoms with Gasteiger partial charge in [0.05, 0.1) is 6.10 Å². The van der Waals surface area contributed by atoms with Crippen molar-refractivity contribution in [2.75, 3.05) is 0 Å². The molecule has 0 radical (unpaired) electrons. The minimum atomic E-state index is -1.25. The highest BCUT2D eigenvalue weighted by atomic mass is 19.1. The summed E-state index contributed by atoms with van der Waals surface area (Å²) in [5, 5.41) is 11.2. The Morgan fingerprint density at radius 3 is 2.61 bits per heavy atom. The first-order chi connectivity index (χ1) is 13.0. The van der Waals surface area contributed by atoms with Gasteiger partial charge in [-0.25, -0.2) is 4.39 Å². The average molecular weight is 389 g/mol. The molecular formula is C22H28FNO4. The molecule has 3 saturated carbocycles. The molecule has 0 aromatic rings. The molecule has 0 heterocycles. The lowest BCUT2D eigenvalue weighted by molar-refractivity contribution is -0.150. The number of ketones is 2. The van der Waals surface area contributed by atoms with E-state index in [4.69, 9.17) is 5.73 Å². The molecule has 0 aliphatic heterocycles. The zero-order valence-electron chi connectivity index (χ0n) is 16.5. The molecule has 0 saturated heterocycles. The molecule has 1 amide bonds. The number of carbonyl (C=O) groups is 3. The summed E-state index contributed by atoms with van der Waals surface area (Å²) in [5.74, 6) is -2.65. The van der Waals surface area contributed by atoms with E-state index in [2.05, 4.69) is 0 Å².